The molecule has 0 spiro atoms. The van der Waals surface area contributed by atoms with E-state index in [2.05, 4.69) is 0 Å². The zero-order valence-electron chi connectivity index (χ0n) is 7.87. The van der Waals surface area contributed by atoms with Gasteiger partial charge in [-0.05, 0) is 24.1 Å². The number of benzene rings is 1. The maximum Gasteiger partial charge on any atom is 1.00 e. The molecule has 0 aliphatic carbocycles. The molecule has 1 aromatic rings. The van der Waals surface area contributed by atoms with E-state index >= 15 is 0 Å². The van der Waals surface area contributed by atoms with Crippen molar-refractivity contribution in [2.45, 2.75) is 12.5 Å². The van der Waals surface area contributed by atoms with Crippen LogP contribution < -0.4 is 62.2 Å². The normalized spacial score (nSPS) is 11.6. The van der Waals surface area contributed by atoms with Gasteiger partial charge in [-0.25, -0.2) is 4.39 Å². The van der Waals surface area contributed by atoms with E-state index in [9.17, 15) is 14.3 Å². The van der Waals surface area contributed by atoms with Crippen molar-refractivity contribution in [1.29, 1.82) is 0 Å². The number of nitrogens with two attached hydrogens (primary N) is 1. The average molecular weight is 221 g/mol. The van der Waals surface area contributed by atoms with Crippen LogP contribution in [0.25, 0.3) is 0 Å². The second kappa shape index (κ2) is 6.65. The second-order valence-corrected chi connectivity index (χ2v) is 2.76. The van der Waals surface area contributed by atoms with Crippen LogP contribution in [0, 0.1) is 5.82 Å². The van der Waals surface area contributed by atoms with Crippen molar-refractivity contribution >= 4 is 5.97 Å². The number of carboxylic acid groups (broad SMARTS) is 1. The molecule has 0 saturated carbocycles. The SMILES string of the molecule is N[C@H](Cc1ccc(F)cc1)C(=O)[O-].[K+]. The molecule has 0 unspecified atom stereocenters. The Morgan fingerprint density at radius 2 is 1.93 bits per heavy atom. The van der Waals surface area contributed by atoms with Crippen LogP contribution in [0.5, 0.6) is 0 Å². The third-order valence-electron chi connectivity index (χ3n) is 1.67. The van der Waals surface area contributed by atoms with E-state index in [1.165, 1.54) is 24.3 Å². The Balaban J connectivity index is 0.00000169. The van der Waals surface area contributed by atoms with Crippen molar-refractivity contribution in [2.24, 2.45) is 5.73 Å². The molecule has 2 N–H and O–H groups in total. The zero-order chi connectivity index (χ0) is 9.84. The molecule has 1 rings (SSSR count). The Bertz CT molecular complexity index is 302. The maximum atomic E-state index is 12.4. The van der Waals surface area contributed by atoms with Gasteiger partial charge >= 0.3 is 51.4 Å². The van der Waals surface area contributed by atoms with Crippen LogP contribution in [0.1, 0.15) is 5.56 Å². The largest absolute Gasteiger partial charge is 1.00 e. The number of carboxylic acids is 1. The summed E-state index contributed by atoms with van der Waals surface area (Å²) in [5, 5.41) is 10.3. The fraction of sp³-hybridized carbons (Fsp3) is 0.222. The number of rotatable bonds is 3. The minimum absolute atomic E-state index is 0. The third-order valence-corrected chi connectivity index (χ3v) is 1.67. The van der Waals surface area contributed by atoms with Gasteiger partial charge in [0, 0.05) is 6.04 Å². The van der Waals surface area contributed by atoms with E-state index in [4.69, 9.17) is 5.73 Å². The van der Waals surface area contributed by atoms with Gasteiger partial charge in [0.15, 0.2) is 0 Å². The van der Waals surface area contributed by atoms with Crippen LogP contribution in [0.3, 0.4) is 0 Å². The molecule has 3 nitrogen and oxygen atoms in total. The van der Waals surface area contributed by atoms with E-state index in [0.29, 0.717) is 5.56 Å². The van der Waals surface area contributed by atoms with Gasteiger partial charge < -0.3 is 15.6 Å². The van der Waals surface area contributed by atoms with E-state index < -0.39 is 12.0 Å². The summed E-state index contributed by atoms with van der Waals surface area (Å²) < 4.78 is 12.4. The number of carbonyl (C=O) groups excluding carboxylic acids is 1. The summed E-state index contributed by atoms with van der Waals surface area (Å²) in [7, 11) is 0. The Labute approximate surface area is 124 Å². The first-order valence-electron chi connectivity index (χ1n) is 3.80. The predicted molar refractivity (Wildman–Crippen MR) is 43.1 cm³/mol. The number of hydrogen-bond acceptors (Lipinski definition) is 3. The Hall–Kier alpha value is 0.216. The van der Waals surface area contributed by atoms with Gasteiger partial charge in [-0.1, -0.05) is 12.1 Å². The van der Waals surface area contributed by atoms with Crippen LogP contribution in [0.15, 0.2) is 24.3 Å². The molecule has 14 heavy (non-hydrogen) atoms. The molecular weight excluding hydrogens is 212 g/mol. The van der Waals surface area contributed by atoms with Crippen molar-refractivity contribution in [1.82, 2.24) is 0 Å². The summed E-state index contributed by atoms with van der Waals surface area (Å²) in [5.74, 6) is -1.66. The molecule has 0 aliphatic rings. The zero-order valence-corrected chi connectivity index (χ0v) is 11.0. The molecule has 70 valence electrons. The second-order valence-electron chi connectivity index (χ2n) is 2.76. The first kappa shape index (κ1) is 14.2. The molecule has 0 fully saturated rings. The van der Waals surface area contributed by atoms with Crippen LogP contribution >= 0.6 is 0 Å². The van der Waals surface area contributed by atoms with E-state index in [-0.39, 0.29) is 63.6 Å². The monoisotopic (exact) mass is 221 g/mol. The summed E-state index contributed by atoms with van der Waals surface area (Å²) >= 11 is 0. The van der Waals surface area contributed by atoms with Gasteiger partial charge in [0.05, 0.1) is 5.97 Å². The fourth-order valence-corrected chi connectivity index (χ4v) is 0.958. The van der Waals surface area contributed by atoms with Gasteiger partial charge in [0.25, 0.3) is 0 Å². The first-order chi connectivity index (χ1) is 6.09. The topological polar surface area (TPSA) is 66.2 Å². The quantitative estimate of drug-likeness (QED) is 0.537. The molecule has 1 atom stereocenters. The maximum absolute atomic E-state index is 12.4. The Morgan fingerprint density at radius 3 is 2.36 bits per heavy atom. The molecule has 0 heterocycles. The Morgan fingerprint density at radius 1 is 1.43 bits per heavy atom. The van der Waals surface area contributed by atoms with Crippen LogP contribution in [0.2, 0.25) is 0 Å². The minimum atomic E-state index is -1.30. The van der Waals surface area contributed by atoms with Crippen molar-refractivity contribution in [3.63, 3.8) is 0 Å². The van der Waals surface area contributed by atoms with Crippen LogP contribution in [-0.4, -0.2) is 12.0 Å². The van der Waals surface area contributed by atoms with Gasteiger partial charge in [0.1, 0.15) is 5.82 Å². The summed E-state index contributed by atoms with van der Waals surface area (Å²) in [6.45, 7) is 0. The van der Waals surface area contributed by atoms with Gasteiger partial charge in [-0.3, -0.25) is 0 Å². The smallest absolute Gasteiger partial charge is 0.548 e. The first-order valence-corrected chi connectivity index (χ1v) is 3.80. The summed E-state index contributed by atoms with van der Waals surface area (Å²) in [6.07, 6.45) is 0.155. The van der Waals surface area contributed by atoms with Gasteiger partial charge in [-0.15, -0.1) is 0 Å². The summed E-state index contributed by atoms with van der Waals surface area (Å²) in [5.41, 5.74) is 5.91. The van der Waals surface area contributed by atoms with E-state index in [1.54, 1.807) is 0 Å². The predicted octanol–water partition coefficient (Wildman–Crippen LogP) is -3.55. The van der Waals surface area contributed by atoms with Crippen molar-refractivity contribution in [3.05, 3.63) is 35.6 Å². The van der Waals surface area contributed by atoms with Gasteiger partial charge in [-0.2, -0.15) is 0 Å². The molecule has 0 bridgehead atoms. The fourth-order valence-electron chi connectivity index (χ4n) is 0.958. The summed E-state index contributed by atoms with van der Waals surface area (Å²) in [4.78, 5) is 10.3. The van der Waals surface area contributed by atoms with E-state index in [1.807, 2.05) is 0 Å². The Kier molecular flexibility index (Phi) is 6.76. The van der Waals surface area contributed by atoms with Crippen molar-refractivity contribution in [3.8, 4) is 0 Å². The number of aliphatic carboxylic acids is 1. The summed E-state index contributed by atoms with van der Waals surface area (Å²) in [6, 6.07) is 4.48. The number of halogens is 1. The molecule has 0 aromatic heterocycles. The minimum Gasteiger partial charge on any atom is -0.548 e. The average Bonchev–Trinajstić information content (AvgIpc) is 2.08. The molecule has 1 aromatic carbocycles. The van der Waals surface area contributed by atoms with E-state index in [0.717, 1.165) is 0 Å². The molecule has 0 radical (unpaired) electrons. The molecular formula is C9H9FKNO2. The molecule has 5 heteroatoms. The van der Waals surface area contributed by atoms with Crippen LogP contribution in [-0.2, 0) is 11.2 Å². The van der Waals surface area contributed by atoms with Crippen molar-refractivity contribution < 1.29 is 65.7 Å². The molecule has 0 amide bonds. The van der Waals surface area contributed by atoms with Gasteiger partial charge in [0.2, 0.25) is 0 Å². The number of hydrogen-bond donors (Lipinski definition) is 1. The standard InChI is InChI=1S/C9H10FNO2.K/c10-7-3-1-6(2-4-7)5-8(11)9(12)13;/h1-4,8H,5,11H2,(H,12,13);/q;+1/p-1/t8-;/m1./s1. The number of carbonyl (C=O) groups is 1. The van der Waals surface area contributed by atoms with Crippen molar-refractivity contribution in [2.75, 3.05) is 0 Å². The molecule has 0 aliphatic heterocycles. The molecule has 0 saturated heterocycles. The third kappa shape index (κ3) is 4.63. The van der Waals surface area contributed by atoms with Crippen LogP contribution in [0.4, 0.5) is 4.39 Å².